The number of carbonyl (C=O) groups is 1. The molecule has 2 heterocycles. The fraction of sp³-hybridized carbons (Fsp3) is 0.240. The number of phenols is 1. The number of carbonyl (C=O) groups excluding carboxylic acids is 1. The molecule has 0 aliphatic carbocycles. The van der Waals surface area contributed by atoms with E-state index in [9.17, 15) is 14.7 Å². The van der Waals surface area contributed by atoms with Crippen molar-refractivity contribution < 1.29 is 14.6 Å². The highest BCUT2D eigenvalue weighted by Gasteiger charge is 2.33. The monoisotopic (exact) mass is 463 g/mol. The number of rotatable bonds is 5. The van der Waals surface area contributed by atoms with Gasteiger partial charge in [-0.25, -0.2) is 9.79 Å². The van der Waals surface area contributed by atoms with Gasteiger partial charge in [-0.1, -0.05) is 35.6 Å². The molecule has 8 heteroatoms. The van der Waals surface area contributed by atoms with Gasteiger partial charge in [-0.2, -0.15) is 0 Å². The van der Waals surface area contributed by atoms with Gasteiger partial charge in [0, 0.05) is 19.8 Å². The normalized spacial score (nSPS) is 15.8. The zero-order valence-corrected chi connectivity index (χ0v) is 19.7. The van der Waals surface area contributed by atoms with Crippen molar-refractivity contribution in [3.8, 4) is 5.75 Å². The maximum Gasteiger partial charge on any atom is 0.338 e. The number of allylic oxidation sites excluding steroid dienone is 1. The number of benzene rings is 2. The summed E-state index contributed by atoms with van der Waals surface area (Å²) in [4.78, 5) is 33.5. The van der Waals surface area contributed by atoms with Crippen molar-refractivity contribution in [2.75, 3.05) is 25.6 Å². The van der Waals surface area contributed by atoms with Crippen LogP contribution in [-0.4, -0.2) is 36.3 Å². The molecule has 4 rings (SSSR count). The molecular weight excluding hydrogens is 438 g/mol. The Morgan fingerprint density at radius 2 is 1.85 bits per heavy atom. The number of aromatic nitrogens is 1. The molecule has 1 unspecified atom stereocenters. The van der Waals surface area contributed by atoms with E-state index in [0.29, 0.717) is 26.2 Å². The second kappa shape index (κ2) is 9.07. The fourth-order valence-electron chi connectivity index (χ4n) is 3.78. The summed E-state index contributed by atoms with van der Waals surface area (Å²) >= 11 is 1.28. The smallest absolute Gasteiger partial charge is 0.338 e. The highest BCUT2D eigenvalue weighted by molar-refractivity contribution is 7.07. The van der Waals surface area contributed by atoms with Crippen LogP contribution in [0.15, 0.2) is 69.6 Å². The highest BCUT2D eigenvalue weighted by Crippen LogP contribution is 2.31. The van der Waals surface area contributed by atoms with E-state index in [2.05, 4.69) is 4.99 Å². The molecule has 1 aromatic heterocycles. The number of esters is 1. The number of ether oxygens (including phenoxy) is 1. The van der Waals surface area contributed by atoms with E-state index in [1.165, 1.54) is 28.0 Å². The summed E-state index contributed by atoms with van der Waals surface area (Å²) in [5.74, 6) is -0.406. The standard InChI is InChI=1S/C25H25N3O4S/c1-5-32-24(31)21-15(2)26-25-28(22(21)17-8-12-19(29)13-9-17)23(30)20(33-25)14-16-6-10-18(11-7-16)27(3)4/h6-14,22,29H,5H2,1-4H3/b20-14+. The Morgan fingerprint density at radius 3 is 2.45 bits per heavy atom. The predicted molar refractivity (Wildman–Crippen MR) is 129 cm³/mol. The molecular formula is C25H25N3O4S. The lowest BCUT2D eigenvalue weighted by Gasteiger charge is -2.24. The molecule has 33 heavy (non-hydrogen) atoms. The van der Waals surface area contributed by atoms with Crippen LogP contribution in [0.3, 0.4) is 0 Å². The van der Waals surface area contributed by atoms with Crippen LogP contribution in [0.25, 0.3) is 6.08 Å². The summed E-state index contributed by atoms with van der Waals surface area (Å²) in [6, 6.07) is 13.7. The quantitative estimate of drug-likeness (QED) is 0.588. The first-order chi connectivity index (χ1) is 15.8. The van der Waals surface area contributed by atoms with Gasteiger partial charge in [0.25, 0.3) is 5.56 Å². The molecule has 7 nitrogen and oxygen atoms in total. The van der Waals surface area contributed by atoms with Crippen molar-refractivity contribution in [3.05, 3.63) is 90.6 Å². The minimum absolute atomic E-state index is 0.103. The largest absolute Gasteiger partial charge is 0.508 e. The second-order valence-electron chi connectivity index (χ2n) is 7.88. The van der Waals surface area contributed by atoms with Crippen LogP contribution in [-0.2, 0) is 9.53 Å². The number of thiazole rings is 1. The third-order valence-electron chi connectivity index (χ3n) is 5.43. The third kappa shape index (κ3) is 4.34. The lowest BCUT2D eigenvalue weighted by Crippen LogP contribution is -2.39. The average Bonchev–Trinajstić information content (AvgIpc) is 3.08. The first-order valence-electron chi connectivity index (χ1n) is 10.6. The van der Waals surface area contributed by atoms with Crippen molar-refractivity contribution in [2.24, 2.45) is 4.99 Å². The van der Waals surface area contributed by atoms with E-state index in [-0.39, 0.29) is 17.9 Å². The molecule has 0 saturated heterocycles. The number of phenolic OH excluding ortho intramolecular Hbond substituents is 1. The molecule has 3 aromatic rings. The molecule has 2 aromatic carbocycles. The molecule has 0 radical (unpaired) electrons. The minimum Gasteiger partial charge on any atom is -0.508 e. The van der Waals surface area contributed by atoms with E-state index in [4.69, 9.17) is 4.74 Å². The van der Waals surface area contributed by atoms with Gasteiger partial charge in [0.05, 0.1) is 28.5 Å². The summed E-state index contributed by atoms with van der Waals surface area (Å²) in [7, 11) is 3.94. The molecule has 1 atom stereocenters. The van der Waals surface area contributed by atoms with Crippen LogP contribution in [0.1, 0.15) is 31.0 Å². The topological polar surface area (TPSA) is 84.1 Å². The molecule has 170 valence electrons. The maximum atomic E-state index is 13.5. The molecule has 0 spiro atoms. The van der Waals surface area contributed by atoms with Crippen LogP contribution in [0.5, 0.6) is 5.75 Å². The van der Waals surface area contributed by atoms with Crippen molar-refractivity contribution in [3.63, 3.8) is 0 Å². The van der Waals surface area contributed by atoms with Gasteiger partial charge in [-0.15, -0.1) is 0 Å². The maximum absolute atomic E-state index is 13.5. The summed E-state index contributed by atoms with van der Waals surface area (Å²) in [6.45, 7) is 3.70. The molecule has 1 aliphatic rings. The molecule has 1 N–H and O–H groups in total. The fourth-order valence-corrected chi connectivity index (χ4v) is 4.83. The molecule has 0 amide bonds. The lowest BCUT2D eigenvalue weighted by atomic mass is 9.96. The van der Waals surface area contributed by atoms with E-state index < -0.39 is 12.0 Å². The molecule has 1 aliphatic heterocycles. The van der Waals surface area contributed by atoms with Crippen LogP contribution < -0.4 is 19.8 Å². The van der Waals surface area contributed by atoms with E-state index in [1.54, 1.807) is 26.0 Å². The summed E-state index contributed by atoms with van der Waals surface area (Å²) in [6.07, 6.45) is 1.83. The Hall–Kier alpha value is -3.65. The van der Waals surface area contributed by atoms with Gasteiger partial charge in [-0.05, 0) is 55.3 Å². The van der Waals surface area contributed by atoms with Crippen molar-refractivity contribution in [2.45, 2.75) is 19.9 Å². The van der Waals surface area contributed by atoms with Gasteiger partial charge >= 0.3 is 5.97 Å². The van der Waals surface area contributed by atoms with Crippen LogP contribution >= 0.6 is 11.3 Å². The minimum atomic E-state index is -0.695. The Morgan fingerprint density at radius 1 is 1.18 bits per heavy atom. The van der Waals surface area contributed by atoms with Crippen molar-refractivity contribution in [1.29, 1.82) is 0 Å². The number of hydrogen-bond donors (Lipinski definition) is 1. The van der Waals surface area contributed by atoms with Crippen LogP contribution in [0.4, 0.5) is 5.69 Å². The van der Waals surface area contributed by atoms with Gasteiger partial charge in [0.1, 0.15) is 5.75 Å². The van der Waals surface area contributed by atoms with Crippen LogP contribution in [0.2, 0.25) is 0 Å². The summed E-state index contributed by atoms with van der Waals surface area (Å²) < 4.78 is 7.34. The van der Waals surface area contributed by atoms with E-state index in [1.807, 2.05) is 49.3 Å². The van der Waals surface area contributed by atoms with Gasteiger partial charge in [0.15, 0.2) is 4.80 Å². The highest BCUT2D eigenvalue weighted by atomic mass is 32.1. The summed E-state index contributed by atoms with van der Waals surface area (Å²) in [5, 5.41) is 9.74. The Bertz CT molecular complexity index is 1400. The SMILES string of the molecule is CCOC(=O)C1=C(C)N=c2s/c(=C/c3ccc(N(C)C)cc3)c(=O)n2C1c1ccc(O)cc1. The number of nitrogens with zero attached hydrogens (tertiary/aromatic N) is 3. The van der Waals surface area contributed by atoms with Gasteiger partial charge < -0.3 is 14.7 Å². The third-order valence-corrected chi connectivity index (χ3v) is 6.42. The first-order valence-corrected chi connectivity index (χ1v) is 11.4. The number of hydrogen-bond acceptors (Lipinski definition) is 7. The van der Waals surface area contributed by atoms with Crippen molar-refractivity contribution >= 4 is 29.1 Å². The molecule has 0 fully saturated rings. The molecule has 0 bridgehead atoms. The Balaban J connectivity index is 1.90. The van der Waals surface area contributed by atoms with Gasteiger partial charge in [0.2, 0.25) is 0 Å². The second-order valence-corrected chi connectivity index (χ2v) is 8.89. The number of aromatic hydroxyl groups is 1. The number of fused-ring (bicyclic) bond motifs is 1. The van der Waals surface area contributed by atoms with Crippen LogP contribution in [0, 0.1) is 0 Å². The van der Waals surface area contributed by atoms with E-state index in [0.717, 1.165) is 11.3 Å². The molecule has 0 saturated carbocycles. The number of anilines is 1. The zero-order valence-electron chi connectivity index (χ0n) is 18.9. The Kier molecular flexibility index (Phi) is 6.20. The van der Waals surface area contributed by atoms with Gasteiger partial charge in [-0.3, -0.25) is 9.36 Å². The first kappa shape index (κ1) is 22.5. The predicted octanol–water partition coefficient (Wildman–Crippen LogP) is 2.57. The van der Waals surface area contributed by atoms with Crippen molar-refractivity contribution in [1.82, 2.24) is 4.57 Å². The average molecular weight is 464 g/mol. The summed E-state index contributed by atoms with van der Waals surface area (Å²) in [5.41, 5.74) is 3.24. The Labute approximate surface area is 195 Å². The van der Waals surface area contributed by atoms with E-state index >= 15 is 0 Å². The lowest BCUT2D eigenvalue weighted by molar-refractivity contribution is -0.139. The zero-order chi connectivity index (χ0) is 23.7.